The van der Waals surface area contributed by atoms with Gasteiger partial charge in [0.1, 0.15) is 5.82 Å². The van der Waals surface area contributed by atoms with Gasteiger partial charge in [0.05, 0.1) is 11.3 Å². The van der Waals surface area contributed by atoms with Crippen molar-refractivity contribution in [1.82, 2.24) is 15.0 Å². The van der Waals surface area contributed by atoms with Gasteiger partial charge in [-0.3, -0.25) is 4.79 Å². The number of anilines is 1. The molecule has 1 aliphatic carbocycles. The zero-order valence-electron chi connectivity index (χ0n) is 13.8. The lowest BCUT2D eigenvalue weighted by Gasteiger charge is -2.10. The van der Waals surface area contributed by atoms with E-state index < -0.39 is 23.3 Å². The molecule has 2 aromatic rings. The van der Waals surface area contributed by atoms with E-state index in [1.54, 1.807) is 11.6 Å². The van der Waals surface area contributed by atoms with Crippen LogP contribution in [0.2, 0.25) is 0 Å². The van der Waals surface area contributed by atoms with Gasteiger partial charge in [-0.1, -0.05) is 18.1 Å². The number of amides is 1. The van der Waals surface area contributed by atoms with Gasteiger partial charge in [0.2, 0.25) is 0 Å². The lowest BCUT2D eigenvalue weighted by atomic mass is 10.1. The molecule has 1 aromatic carbocycles. The summed E-state index contributed by atoms with van der Waals surface area (Å²) in [7, 11) is 0. The van der Waals surface area contributed by atoms with Crippen LogP contribution in [0.5, 0.6) is 0 Å². The van der Waals surface area contributed by atoms with E-state index in [1.165, 1.54) is 18.9 Å². The van der Waals surface area contributed by atoms with Crippen molar-refractivity contribution in [2.24, 2.45) is 5.92 Å². The van der Waals surface area contributed by atoms with E-state index in [0.29, 0.717) is 11.6 Å². The number of hydrogen-bond acceptors (Lipinski definition) is 4. The molecule has 1 aliphatic rings. The molecular formula is C17H19FN4O3. The van der Waals surface area contributed by atoms with Crippen LogP contribution >= 0.6 is 0 Å². The monoisotopic (exact) mass is 346 g/mol. The second kappa shape index (κ2) is 7.00. The van der Waals surface area contributed by atoms with Crippen molar-refractivity contribution < 1.29 is 19.1 Å². The van der Waals surface area contributed by atoms with E-state index >= 15 is 0 Å². The van der Waals surface area contributed by atoms with Crippen LogP contribution in [-0.2, 0) is 6.54 Å². The number of rotatable bonds is 5. The van der Waals surface area contributed by atoms with Crippen LogP contribution in [-0.4, -0.2) is 32.0 Å². The standard InChI is InChI=1S/C17H19FN4O3/c1-10-15(20-21-22(10)9-11-4-2-3-5-11)16(23)19-12-6-7-14(18)13(8-12)17(24)25/h6-8,11H,2-5,9H2,1H3,(H,19,23)(H,24,25). The third-order valence-corrected chi connectivity index (χ3v) is 4.56. The van der Waals surface area contributed by atoms with Crippen LogP contribution in [0.1, 0.15) is 52.2 Å². The molecular weight excluding hydrogens is 327 g/mol. The Morgan fingerprint density at radius 2 is 2.08 bits per heavy atom. The Hall–Kier alpha value is -2.77. The summed E-state index contributed by atoms with van der Waals surface area (Å²) < 4.78 is 15.2. The molecule has 1 fully saturated rings. The minimum atomic E-state index is -1.40. The van der Waals surface area contributed by atoms with E-state index in [2.05, 4.69) is 15.6 Å². The first-order valence-electron chi connectivity index (χ1n) is 8.20. The zero-order chi connectivity index (χ0) is 18.0. The van der Waals surface area contributed by atoms with Crippen molar-refractivity contribution in [3.8, 4) is 0 Å². The molecule has 3 rings (SSSR count). The lowest BCUT2D eigenvalue weighted by Crippen LogP contribution is -2.16. The van der Waals surface area contributed by atoms with Gasteiger partial charge in [0.15, 0.2) is 5.69 Å². The summed E-state index contributed by atoms with van der Waals surface area (Å²) in [4.78, 5) is 23.4. The van der Waals surface area contributed by atoms with E-state index in [-0.39, 0.29) is 11.4 Å². The van der Waals surface area contributed by atoms with Gasteiger partial charge in [-0.25, -0.2) is 13.9 Å². The molecule has 0 aliphatic heterocycles. The summed E-state index contributed by atoms with van der Waals surface area (Å²) in [5, 5.41) is 19.5. The second-order valence-electron chi connectivity index (χ2n) is 6.31. The summed E-state index contributed by atoms with van der Waals surface area (Å²) in [5.41, 5.74) is 0.525. The summed E-state index contributed by atoms with van der Waals surface area (Å²) in [6.07, 6.45) is 4.77. The number of carbonyl (C=O) groups is 2. The number of benzene rings is 1. The summed E-state index contributed by atoms with van der Waals surface area (Å²) >= 11 is 0. The van der Waals surface area contributed by atoms with Gasteiger partial charge >= 0.3 is 5.97 Å². The highest BCUT2D eigenvalue weighted by Crippen LogP contribution is 2.26. The van der Waals surface area contributed by atoms with Crippen molar-refractivity contribution in [3.05, 3.63) is 41.0 Å². The van der Waals surface area contributed by atoms with Gasteiger partial charge < -0.3 is 10.4 Å². The third kappa shape index (κ3) is 3.67. The molecule has 7 nitrogen and oxygen atoms in total. The van der Waals surface area contributed by atoms with Crippen molar-refractivity contribution in [2.75, 3.05) is 5.32 Å². The first-order valence-corrected chi connectivity index (χ1v) is 8.20. The van der Waals surface area contributed by atoms with Crippen molar-refractivity contribution in [1.29, 1.82) is 0 Å². The summed E-state index contributed by atoms with van der Waals surface area (Å²) in [6.45, 7) is 2.52. The third-order valence-electron chi connectivity index (χ3n) is 4.56. The van der Waals surface area contributed by atoms with Crippen molar-refractivity contribution >= 4 is 17.6 Å². The normalized spacial score (nSPS) is 14.6. The maximum absolute atomic E-state index is 13.4. The number of hydrogen-bond donors (Lipinski definition) is 2. The summed E-state index contributed by atoms with van der Waals surface area (Å²) in [6, 6.07) is 3.38. The minimum absolute atomic E-state index is 0.180. The maximum atomic E-state index is 13.4. The second-order valence-corrected chi connectivity index (χ2v) is 6.31. The van der Waals surface area contributed by atoms with E-state index in [1.807, 2.05) is 0 Å². The van der Waals surface area contributed by atoms with E-state index in [4.69, 9.17) is 5.11 Å². The molecule has 1 aromatic heterocycles. The average Bonchev–Trinajstić information content (AvgIpc) is 3.20. The fourth-order valence-corrected chi connectivity index (χ4v) is 3.14. The fourth-order valence-electron chi connectivity index (χ4n) is 3.14. The molecule has 132 valence electrons. The molecule has 0 atom stereocenters. The summed E-state index contributed by atoms with van der Waals surface area (Å²) in [5.74, 6) is -2.19. The number of carboxylic acids is 1. The molecule has 0 spiro atoms. The number of halogens is 1. The van der Waals surface area contributed by atoms with Crippen LogP contribution in [0.25, 0.3) is 0 Å². The number of aromatic carboxylic acids is 1. The Kier molecular flexibility index (Phi) is 4.78. The van der Waals surface area contributed by atoms with Crippen LogP contribution < -0.4 is 5.32 Å². The molecule has 25 heavy (non-hydrogen) atoms. The first kappa shape index (κ1) is 17.1. The fraction of sp³-hybridized carbons (Fsp3) is 0.412. The number of carboxylic acid groups (broad SMARTS) is 1. The Labute approximate surface area is 143 Å². The smallest absolute Gasteiger partial charge is 0.338 e. The van der Waals surface area contributed by atoms with Gasteiger partial charge in [-0.2, -0.15) is 0 Å². The molecule has 1 amide bonds. The van der Waals surface area contributed by atoms with Crippen LogP contribution in [0.15, 0.2) is 18.2 Å². The number of carbonyl (C=O) groups excluding carboxylic acids is 1. The van der Waals surface area contributed by atoms with Crippen LogP contribution in [0.4, 0.5) is 10.1 Å². The number of aromatic nitrogens is 3. The van der Waals surface area contributed by atoms with Crippen molar-refractivity contribution in [2.45, 2.75) is 39.2 Å². The van der Waals surface area contributed by atoms with Gasteiger partial charge in [-0.05, 0) is 43.9 Å². The molecule has 0 radical (unpaired) electrons. The molecule has 1 heterocycles. The first-order chi connectivity index (χ1) is 12.0. The topological polar surface area (TPSA) is 97.1 Å². The Balaban J connectivity index is 1.74. The quantitative estimate of drug-likeness (QED) is 0.868. The lowest BCUT2D eigenvalue weighted by molar-refractivity contribution is 0.0691. The largest absolute Gasteiger partial charge is 0.478 e. The van der Waals surface area contributed by atoms with Gasteiger partial charge in [-0.15, -0.1) is 5.10 Å². The predicted molar refractivity (Wildman–Crippen MR) is 88.0 cm³/mol. The van der Waals surface area contributed by atoms with Crippen LogP contribution in [0, 0.1) is 18.7 Å². The minimum Gasteiger partial charge on any atom is -0.478 e. The number of nitrogens with zero attached hydrogens (tertiary/aromatic N) is 3. The maximum Gasteiger partial charge on any atom is 0.338 e. The SMILES string of the molecule is Cc1c(C(=O)Nc2ccc(F)c(C(=O)O)c2)nnn1CC1CCCC1. The molecule has 0 bridgehead atoms. The predicted octanol–water partition coefficient (Wildman–Crippen LogP) is 2.87. The molecule has 2 N–H and O–H groups in total. The van der Waals surface area contributed by atoms with Crippen LogP contribution in [0.3, 0.4) is 0 Å². The molecule has 0 saturated heterocycles. The number of nitrogens with one attached hydrogen (secondary N) is 1. The molecule has 0 unspecified atom stereocenters. The molecule has 1 saturated carbocycles. The Bertz CT molecular complexity index is 812. The Morgan fingerprint density at radius 1 is 1.36 bits per heavy atom. The highest BCUT2D eigenvalue weighted by molar-refractivity contribution is 6.04. The van der Waals surface area contributed by atoms with E-state index in [0.717, 1.165) is 31.5 Å². The highest BCUT2D eigenvalue weighted by atomic mass is 19.1. The molecule has 8 heteroatoms. The highest BCUT2D eigenvalue weighted by Gasteiger charge is 2.21. The Morgan fingerprint density at radius 3 is 2.76 bits per heavy atom. The van der Waals surface area contributed by atoms with Gasteiger partial charge in [0, 0.05) is 12.2 Å². The average molecular weight is 346 g/mol. The van der Waals surface area contributed by atoms with E-state index in [9.17, 15) is 14.0 Å². The zero-order valence-corrected chi connectivity index (χ0v) is 13.8. The van der Waals surface area contributed by atoms with Gasteiger partial charge in [0.25, 0.3) is 5.91 Å². The van der Waals surface area contributed by atoms with Crippen molar-refractivity contribution in [3.63, 3.8) is 0 Å².